The lowest BCUT2D eigenvalue weighted by Crippen LogP contribution is -2.62. The summed E-state index contributed by atoms with van der Waals surface area (Å²) in [4.78, 5) is 23.1. The Morgan fingerprint density at radius 1 is 1.18 bits per heavy atom. The van der Waals surface area contributed by atoms with E-state index in [0.29, 0.717) is 6.42 Å². The van der Waals surface area contributed by atoms with Crippen LogP contribution in [-0.2, 0) is 16.0 Å². The molecule has 4 N–H and O–H groups in total. The van der Waals surface area contributed by atoms with E-state index in [2.05, 4.69) is 12.1 Å². The SMILES string of the molecule is N[C@@]1(C(=O)O)C2C[C@H](C[C@H]2CCc2ccccc2)C1C(=O)O. The monoisotopic (exact) mass is 303 g/mol. The van der Waals surface area contributed by atoms with Crippen molar-refractivity contribution in [3.63, 3.8) is 0 Å². The molecule has 0 spiro atoms. The van der Waals surface area contributed by atoms with Crippen LogP contribution in [0.5, 0.6) is 0 Å². The van der Waals surface area contributed by atoms with Crippen molar-refractivity contribution in [2.75, 3.05) is 0 Å². The summed E-state index contributed by atoms with van der Waals surface area (Å²) in [6, 6.07) is 10.1. The highest BCUT2D eigenvalue weighted by Gasteiger charge is 2.66. The molecule has 0 aromatic heterocycles. The van der Waals surface area contributed by atoms with Crippen molar-refractivity contribution in [3.05, 3.63) is 35.9 Å². The van der Waals surface area contributed by atoms with E-state index in [1.54, 1.807) is 0 Å². The zero-order valence-electron chi connectivity index (χ0n) is 12.3. The molecule has 1 aromatic rings. The van der Waals surface area contributed by atoms with Crippen LogP contribution in [0.3, 0.4) is 0 Å². The number of fused-ring (bicyclic) bond motifs is 2. The van der Waals surface area contributed by atoms with Crippen LogP contribution in [0.2, 0.25) is 0 Å². The predicted molar refractivity (Wildman–Crippen MR) is 80.1 cm³/mol. The third kappa shape index (κ3) is 2.20. The maximum Gasteiger partial charge on any atom is 0.324 e. The number of rotatable bonds is 5. The minimum Gasteiger partial charge on any atom is -0.481 e. The Bertz CT molecular complexity index is 588. The molecule has 5 heteroatoms. The number of aryl methyl sites for hydroxylation is 1. The zero-order chi connectivity index (χ0) is 15.9. The molecular formula is C17H21NO4. The number of benzene rings is 1. The van der Waals surface area contributed by atoms with Crippen molar-refractivity contribution in [2.24, 2.45) is 29.4 Å². The van der Waals surface area contributed by atoms with Gasteiger partial charge in [-0.1, -0.05) is 30.3 Å². The molecular weight excluding hydrogens is 282 g/mol. The summed E-state index contributed by atoms with van der Waals surface area (Å²) in [5.74, 6) is -3.34. The van der Waals surface area contributed by atoms with E-state index in [-0.39, 0.29) is 17.8 Å². The molecule has 2 fully saturated rings. The first-order chi connectivity index (χ1) is 10.4. The van der Waals surface area contributed by atoms with Crippen molar-refractivity contribution in [1.82, 2.24) is 0 Å². The van der Waals surface area contributed by atoms with Gasteiger partial charge >= 0.3 is 11.9 Å². The average Bonchev–Trinajstić information content (AvgIpc) is 3.02. The van der Waals surface area contributed by atoms with Crippen LogP contribution in [0.4, 0.5) is 0 Å². The minimum absolute atomic E-state index is 0.107. The van der Waals surface area contributed by atoms with Crippen molar-refractivity contribution >= 4 is 11.9 Å². The van der Waals surface area contributed by atoms with Gasteiger partial charge in [0.15, 0.2) is 0 Å². The van der Waals surface area contributed by atoms with Crippen molar-refractivity contribution in [3.8, 4) is 0 Å². The number of hydrogen-bond donors (Lipinski definition) is 3. The first-order valence-electron chi connectivity index (χ1n) is 7.73. The standard InChI is InChI=1S/C17H21NO4/c18-17(16(21)22)13-9-12(14(17)15(19)20)8-11(13)7-6-10-4-2-1-3-5-10/h1-5,11-14H,6-9,18H2,(H,19,20)(H,21,22)/t11-,12+,13?,14?,17+/m1/s1. The number of carboxylic acids is 2. The van der Waals surface area contributed by atoms with Gasteiger partial charge < -0.3 is 15.9 Å². The first kappa shape index (κ1) is 15.0. The van der Waals surface area contributed by atoms with E-state index >= 15 is 0 Å². The number of carbonyl (C=O) groups is 2. The number of nitrogens with two attached hydrogens (primary N) is 1. The van der Waals surface area contributed by atoms with E-state index in [1.165, 1.54) is 5.56 Å². The van der Waals surface area contributed by atoms with Crippen LogP contribution in [0.1, 0.15) is 24.8 Å². The Labute approximate surface area is 129 Å². The van der Waals surface area contributed by atoms with E-state index in [1.807, 2.05) is 18.2 Å². The largest absolute Gasteiger partial charge is 0.481 e. The highest BCUT2D eigenvalue weighted by molar-refractivity contribution is 5.88. The molecule has 0 aliphatic heterocycles. The molecule has 0 amide bonds. The number of carboxylic acid groups (broad SMARTS) is 2. The molecule has 3 rings (SSSR count). The second-order valence-corrected chi connectivity index (χ2v) is 6.68. The zero-order valence-corrected chi connectivity index (χ0v) is 12.3. The fourth-order valence-corrected chi connectivity index (χ4v) is 4.66. The maximum atomic E-state index is 11.7. The fraction of sp³-hybridized carbons (Fsp3) is 0.529. The molecule has 5 atom stereocenters. The molecule has 0 radical (unpaired) electrons. The highest BCUT2D eigenvalue weighted by atomic mass is 16.4. The summed E-state index contributed by atoms with van der Waals surface area (Å²) in [6.45, 7) is 0. The van der Waals surface area contributed by atoms with Crippen LogP contribution in [0, 0.1) is 23.7 Å². The molecule has 118 valence electrons. The Morgan fingerprint density at radius 2 is 1.86 bits per heavy atom. The van der Waals surface area contributed by atoms with Gasteiger partial charge in [-0.2, -0.15) is 0 Å². The van der Waals surface area contributed by atoms with Crippen LogP contribution < -0.4 is 5.73 Å². The Morgan fingerprint density at radius 3 is 2.45 bits per heavy atom. The molecule has 1 aromatic carbocycles. The fourth-order valence-electron chi connectivity index (χ4n) is 4.66. The molecule has 2 bridgehead atoms. The summed E-state index contributed by atoms with van der Waals surface area (Å²) in [5.41, 5.74) is 5.72. The summed E-state index contributed by atoms with van der Waals surface area (Å²) < 4.78 is 0. The smallest absolute Gasteiger partial charge is 0.324 e. The van der Waals surface area contributed by atoms with Crippen molar-refractivity contribution in [2.45, 2.75) is 31.2 Å². The van der Waals surface area contributed by atoms with E-state index in [0.717, 1.165) is 19.3 Å². The van der Waals surface area contributed by atoms with E-state index in [4.69, 9.17) is 5.73 Å². The lowest BCUT2D eigenvalue weighted by atomic mass is 9.67. The second-order valence-electron chi connectivity index (χ2n) is 6.68. The molecule has 5 nitrogen and oxygen atoms in total. The van der Waals surface area contributed by atoms with Gasteiger partial charge in [-0.25, -0.2) is 0 Å². The van der Waals surface area contributed by atoms with Gasteiger partial charge in [-0.3, -0.25) is 9.59 Å². The molecule has 2 aliphatic carbocycles. The van der Waals surface area contributed by atoms with Gasteiger partial charge in [0.1, 0.15) is 5.54 Å². The van der Waals surface area contributed by atoms with Gasteiger partial charge in [-0.15, -0.1) is 0 Å². The number of aliphatic carboxylic acids is 2. The van der Waals surface area contributed by atoms with E-state index in [9.17, 15) is 19.8 Å². The van der Waals surface area contributed by atoms with Crippen molar-refractivity contribution in [1.29, 1.82) is 0 Å². The number of hydrogen-bond acceptors (Lipinski definition) is 3. The van der Waals surface area contributed by atoms with Gasteiger partial charge in [0.25, 0.3) is 0 Å². The Hall–Kier alpha value is -1.88. The van der Waals surface area contributed by atoms with Crippen LogP contribution >= 0.6 is 0 Å². The van der Waals surface area contributed by atoms with Gasteiger partial charge in [0.05, 0.1) is 5.92 Å². The molecule has 0 heterocycles. The van der Waals surface area contributed by atoms with E-state index < -0.39 is 23.4 Å². The van der Waals surface area contributed by atoms with Crippen LogP contribution in [-0.4, -0.2) is 27.7 Å². The van der Waals surface area contributed by atoms with Gasteiger partial charge in [0.2, 0.25) is 0 Å². The molecule has 2 aliphatic rings. The first-order valence-corrected chi connectivity index (χ1v) is 7.73. The second kappa shape index (κ2) is 5.39. The third-order valence-corrected chi connectivity index (χ3v) is 5.61. The quantitative estimate of drug-likeness (QED) is 0.769. The Kier molecular flexibility index (Phi) is 3.68. The molecule has 2 unspecified atom stereocenters. The summed E-state index contributed by atoms with van der Waals surface area (Å²) >= 11 is 0. The molecule has 0 saturated heterocycles. The lowest BCUT2D eigenvalue weighted by molar-refractivity contribution is -0.159. The van der Waals surface area contributed by atoms with Crippen LogP contribution in [0.25, 0.3) is 0 Å². The normalized spacial score (nSPS) is 36.4. The van der Waals surface area contributed by atoms with Crippen LogP contribution in [0.15, 0.2) is 30.3 Å². The molecule has 22 heavy (non-hydrogen) atoms. The lowest BCUT2D eigenvalue weighted by Gasteiger charge is -2.39. The summed E-state index contributed by atoms with van der Waals surface area (Å²) in [7, 11) is 0. The highest BCUT2D eigenvalue weighted by Crippen LogP contribution is 2.57. The van der Waals surface area contributed by atoms with Gasteiger partial charge in [-0.05, 0) is 49.0 Å². The summed E-state index contributed by atoms with van der Waals surface area (Å²) in [6.07, 6.45) is 3.14. The molecule has 2 saturated carbocycles. The minimum atomic E-state index is -1.61. The maximum absolute atomic E-state index is 11.7. The van der Waals surface area contributed by atoms with Gasteiger partial charge in [0, 0.05) is 0 Å². The Balaban J connectivity index is 1.75. The predicted octanol–water partition coefficient (Wildman–Crippen LogP) is 1.76. The average molecular weight is 303 g/mol. The van der Waals surface area contributed by atoms with Crippen molar-refractivity contribution < 1.29 is 19.8 Å². The summed E-state index contributed by atoms with van der Waals surface area (Å²) in [5, 5.41) is 18.9. The third-order valence-electron chi connectivity index (χ3n) is 5.61. The topological polar surface area (TPSA) is 101 Å².